The Bertz CT molecular complexity index is 1300. The first-order valence-corrected chi connectivity index (χ1v) is 12.5. The number of para-hydroxylation sites is 1. The van der Waals surface area contributed by atoms with Crippen molar-refractivity contribution < 1.29 is 40.8 Å². The van der Waals surface area contributed by atoms with Crippen LogP contribution in [0.1, 0.15) is 36.7 Å². The standard InChI is InChI=1S/C22H30N3O10P/c1-13(2)33-19(28)14(3)24-36(31,35-15-8-6-5-7-9-15)32-12-16-18(27)22(4,30)20(34-16)25-11-10-17(26)23-21(25)29/h5-11,13-14,16,18,20,27,30H,12H2,1-4H3,(H,24,31)(H,23,26,29)/t14?,16-,18-,20-,22-,36+/m1/s1/i10D,12D/t12?,14?,16-,18-,20-,22-,36+. The Hall–Kier alpha value is -2.80. The summed E-state index contributed by atoms with van der Waals surface area (Å²) in [5, 5.41) is 24.1. The molecular formula is C22H30N3O10P. The van der Waals surface area contributed by atoms with Crippen LogP contribution in [0.25, 0.3) is 0 Å². The molecule has 2 aromatic rings. The fourth-order valence-electron chi connectivity index (χ4n) is 3.31. The summed E-state index contributed by atoms with van der Waals surface area (Å²) >= 11 is 0. The highest BCUT2D eigenvalue weighted by Gasteiger charge is 2.54. The Morgan fingerprint density at radius 3 is 2.67 bits per heavy atom. The summed E-state index contributed by atoms with van der Waals surface area (Å²) in [4.78, 5) is 38.1. The van der Waals surface area contributed by atoms with E-state index < -0.39 is 73.8 Å². The van der Waals surface area contributed by atoms with Crippen LogP contribution in [-0.4, -0.2) is 62.3 Å². The molecule has 0 bridgehead atoms. The number of benzene rings is 1. The number of carbonyl (C=O) groups excluding carboxylic acids is 1. The maximum atomic E-state index is 13.7. The molecule has 36 heavy (non-hydrogen) atoms. The molecule has 4 N–H and O–H groups in total. The van der Waals surface area contributed by atoms with E-state index in [1.54, 1.807) is 32.0 Å². The molecule has 13 nitrogen and oxygen atoms in total. The van der Waals surface area contributed by atoms with E-state index in [-0.39, 0.29) is 5.75 Å². The first kappa shape index (κ1) is 24.9. The average molecular weight is 529 g/mol. The molecule has 1 aromatic heterocycles. The number of aromatic nitrogens is 2. The highest BCUT2D eigenvalue weighted by molar-refractivity contribution is 7.52. The van der Waals surface area contributed by atoms with Gasteiger partial charge < -0.3 is 24.2 Å². The number of aliphatic hydroxyl groups excluding tert-OH is 1. The van der Waals surface area contributed by atoms with E-state index >= 15 is 0 Å². The first-order valence-electron chi connectivity index (χ1n) is 12.0. The van der Waals surface area contributed by atoms with E-state index in [1.807, 2.05) is 4.98 Å². The van der Waals surface area contributed by atoms with Crippen molar-refractivity contribution in [3.8, 4) is 5.75 Å². The monoisotopic (exact) mass is 529 g/mol. The third kappa shape index (κ3) is 6.49. The molecule has 2 unspecified atom stereocenters. The number of H-pyrrole nitrogens is 1. The van der Waals surface area contributed by atoms with Crippen molar-refractivity contribution in [2.45, 2.75) is 63.9 Å². The van der Waals surface area contributed by atoms with Gasteiger partial charge in [0.15, 0.2) is 6.23 Å². The number of aromatic amines is 1. The van der Waals surface area contributed by atoms with Crippen LogP contribution in [0, 0.1) is 0 Å². The molecule has 7 atom stereocenters. The van der Waals surface area contributed by atoms with E-state index in [1.165, 1.54) is 19.1 Å². The molecule has 1 aliphatic rings. The van der Waals surface area contributed by atoms with Crippen LogP contribution in [0.15, 0.2) is 52.2 Å². The van der Waals surface area contributed by atoms with E-state index in [9.17, 15) is 29.2 Å². The van der Waals surface area contributed by atoms with Crippen LogP contribution in [0.4, 0.5) is 0 Å². The highest BCUT2D eigenvalue weighted by atomic mass is 31.2. The summed E-state index contributed by atoms with van der Waals surface area (Å²) in [5.41, 5.74) is -4.23. The summed E-state index contributed by atoms with van der Waals surface area (Å²) in [7, 11) is -4.54. The molecule has 0 amide bonds. The van der Waals surface area contributed by atoms with Crippen molar-refractivity contribution in [2.24, 2.45) is 0 Å². The highest BCUT2D eigenvalue weighted by Crippen LogP contribution is 2.46. The third-order valence-corrected chi connectivity index (χ3v) is 6.65. The lowest BCUT2D eigenvalue weighted by Gasteiger charge is -2.27. The van der Waals surface area contributed by atoms with Gasteiger partial charge in [0.25, 0.3) is 5.56 Å². The number of aliphatic hydroxyl groups is 2. The van der Waals surface area contributed by atoms with Crippen molar-refractivity contribution in [1.82, 2.24) is 14.6 Å². The predicted molar refractivity (Wildman–Crippen MR) is 126 cm³/mol. The molecule has 0 aliphatic carbocycles. The average Bonchev–Trinajstić information content (AvgIpc) is 3.05. The van der Waals surface area contributed by atoms with Gasteiger partial charge in [0.1, 0.15) is 29.6 Å². The third-order valence-electron chi connectivity index (χ3n) is 5.10. The zero-order chi connectivity index (χ0) is 28.4. The van der Waals surface area contributed by atoms with Gasteiger partial charge in [0.2, 0.25) is 0 Å². The van der Waals surface area contributed by atoms with Crippen LogP contribution >= 0.6 is 7.75 Å². The van der Waals surface area contributed by atoms with Gasteiger partial charge in [-0.1, -0.05) is 18.2 Å². The lowest BCUT2D eigenvalue weighted by Crippen LogP contribution is -2.47. The van der Waals surface area contributed by atoms with Crippen molar-refractivity contribution in [1.29, 1.82) is 0 Å². The Labute approximate surface area is 209 Å². The van der Waals surface area contributed by atoms with E-state index in [2.05, 4.69) is 5.09 Å². The van der Waals surface area contributed by atoms with Crippen LogP contribution in [0.5, 0.6) is 5.75 Å². The van der Waals surface area contributed by atoms with Crippen LogP contribution in [0.3, 0.4) is 0 Å². The smallest absolute Gasteiger partial charge is 0.459 e. The van der Waals surface area contributed by atoms with E-state index in [0.717, 1.165) is 13.1 Å². The summed E-state index contributed by atoms with van der Waals surface area (Å²) in [6, 6.07) is 5.93. The van der Waals surface area contributed by atoms with Gasteiger partial charge >= 0.3 is 19.4 Å². The molecule has 0 spiro atoms. The second kappa shape index (κ2) is 11.1. The number of nitrogens with one attached hydrogen (secondary N) is 2. The Balaban J connectivity index is 1.88. The van der Waals surface area contributed by atoms with Gasteiger partial charge in [-0.05, 0) is 39.8 Å². The first-order chi connectivity index (χ1) is 17.6. The number of ether oxygens (including phenoxy) is 2. The number of hydrogen-bond donors (Lipinski definition) is 4. The van der Waals surface area contributed by atoms with Gasteiger partial charge in [0, 0.05) is 12.2 Å². The molecule has 2 heterocycles. The Morgan fingerprint density at radius 1 is 1.36 bits per heavy atom. The fourth-order valence-corrected chi connectivity index (χ4v) is 4.73. The number of carbonyl (C=O) groups is 1. The SMILES string of the molecule is [2H]c1cn([C@@H]2O[C@H](C([2H])O[P@@](=O)(NC(C)C(=O)OC(C)C)Oc3ccccc3)[C@@H](O)[C@@]2(C)O)c(=O)[nH]c1=O. The summed E-state index contributed by atoms with van der Waals surface area (Å²) in [6.45, 7) is 3.71. The normalized spacial score (nSPS) is 28.0. The predicted octanol–water partition coefficient (Wildman–Crippen LogP) is 0.679. The lowest BCUT2D eigenvalue weighted by atomic mass is 9.96. The van der Waals surface area contributed by atoms with Crippen LogP contribution < -0.4 is 20.9 Å². The summed E-state index contributed by atoms with van der Waals surface area (Å²) in [5.74, 6) is -0.703. The van der Waals surface area contributed by atoms with Gasteiger partial charge in [-0.15, -0.1) is 0 Å². The number of rotatable bonds is 10. The van der Waals surface area contributed by atoms with Gasteiger partial charge in [-0.25, -0.2) is 9.36 Å². The molecule has 0 saturated carbocycles. The van der Waals surface area contributed by atoms with Gasteiger partial charge in [-0.2, -0.15) is 5.09 Å². The van der Waals surface area contributed by atoms with Crippen molar-refractivity contribution in [2.75, 3.05) is 6.58 Å². The number of esters is 1. The topological polar surface area (TPSA) is 178 Å². The molecule has 3 rings (SSSR count). The minimum Gasteiger partial charge on any atom is -0.462 e. The number of nitrogens with zero attached hydrogens (tertiary/aromatic N) is 1. The zero-order valence-corrected chi connectivity index (χ0v) is 20.9. The molecule has 1 saturated heterocycles. The number of hydrogen-bond acceptors (Lipinski definition) is 10. The largest absolute Gasteiger partial charge is 0.462 e. The van der Waals surface area contributed by atoms with Crippen molar-refractivity contribution in [3.63, 3.8) is 0 Å². The van der Waals surface area contributed by atoms with Gasteiger partial charge in [0.05, 0.1) is 15.4 Å². The maximum Gasteiger partial charge on any atom is 0.459 e. The minimum atomic E-state index is -4.54. The molecule has 0 radical (unpaired) electrons. The Morgan fingerprint density at radius 2 is 2.03 bits per heavy atom. The van der Waals surface area contributed by atoms with E-state index in [4.69, 9.17) is 21.3 Å². The van der Waals surface area contributed by atoms with Gasteiger partial charge in [-0.3, -0.25) is 23.7 Å². The second-order valence-electron chi connectivity index (χ2n) is 8.54. The quantitative estimate of drug-likeness (QED) is 0.251. The second-order valence-corrected chi connectivity index (χ2v) is 10.2. The zero-order valence-electron chi connectivity index (χ0n) is 22.0. The molecular weight excluding hydrogens is 497 g/mol. The Kier molecular flexibility index (Phi) is 7.65. The molecule has 198 valence electrons. The van der Waals surface area contributed by atoms with Crippen LogP contribution in [-0.2, 0) is 23.4 Å². The molecule has 1 aliphatic heterocycles. The molecule has 14 heteroatoms. The van der Waals surface area contributed by atoms with Crippen molar-refractivity contribution >= 4 is 13.7 Å². The summed E-state index contributed by atoms with van der Waals surface area (Å²) < 4.78 is 52.0. The van der Waals surface area contributed by atoms with Crippen molar-refractivity contribution in [3.05, 3.63) is 63.4 Å². The maximum absolute atomic E-state index is 13.7. The molecule has 1 fully saturated rings. The minimum absolute atomic E-state index is 0.0699. The molecule has 1 aromatic carbocycles. The summed E-state index contributed by atoms with van der Waals surface area (Å²) in [6.07, 6.45) is -4.88. The lowest BCUT2D eigenvalue weighted by molar-refractivity contribution is -0.149. The van der Waals surface area contributed by atoms with Crippen LogP contribution in [0.2, 0.25) is 0 Å². The van der Waals surface area contributed by atoms with E-state index in [0.29, 0.717) is 4.57 Å². The fraction of sp³-hybridized carbons (Fsp3) is 0.500.